The highest BCUT2D eigenvalue weighted by molar-refractivity contribution is 8.39. The monoisotopic (exact) mass is 707 g/mol. The van der Waals surface area contributed by atoms with Gasteiger partial charge < -0.3 is 40.6 Å². The molecule has 242 valence electrons. The first kappa shape index (κ1) is 32.2. The minimum absolute atomic E-state index is 0.0890. The minimum Gasteiger partial charge on any atom is -0.387 e. The predicted molar refractivity (Wildman–Crippen MR) is 160 cm³/mol. The van der Waals surface area contributed by atoms with Gasteiger partial charge >= 0.3 is 7.23 Å². The third kappa shape index (κ3) is 5.63. The third-order valence-electron chi connectivity index (χ3n) is 7.57. The molecule has 2 aliphatic rings. The lowest BCUT2D eigenvalue weighted by molar-refractivity contribution is -0.111. The summed E-state index contributed by atoms with van der Waals surface area (Å²) in [4.78, 5) is 46.4. The van der Waals surface area contributed by atoms with Crippen molar-refractivity contribution in [3.63, 3.8) is 0 Å². The van der Waals surface area contributed by atoms with E-state index in [0.29, 0.717) is 0 Å². The highest BCUT2D eigenvalue weighted by Gasteiger charge is 2.57. The fourth-order valence-electron chi connectivity index (χ4n) is 5.32. The molecule has 19 nitrogen and oxygen atoms in total. The van der Waals surface area contributed by atoms with Crippen molar-refractivity contribution < 1.29 is 42.6 Å². The molecular weight excluding hydrogens is 681 g/mol. The second kappa shape index (κ2) is 11.8. The molecule has 4 aromatic rings. The molecule has 6 rings (SSSR count). The molecule has 0 aromatic carbocycles. The van der Waals surface area contributed by atoms with Crippen LogP contribution < -0.4 is 17.0 Å². The molecule has 0 spiro atoms. The Labute approximate surface area is 262 Å². The summed E-state index contributed by atoms with van der Waals surface area (Å²) in [5, 5.41) is 21.9. The van der Waals surface area contributed by atoms with E-state index in [1.165, 1.54) is 28.7 Å². The summed E-state index contributed by atoms with van der Waals surface area (Å²) in [7, 11) is -2.43. The minimum atomic E-state index is -4.28. The summed E-state index contributed by atoms with van der Waals surface area (Å²) in [5.74, 6) is -0.175. The number of alkyl halides is 1. The number of imidazole rings is 2. The Bertz CT molecular complexity index is 1900. The molecule has 8 N–H and O–H groups in total. The molecule has 2 unspecified atom stereocenters. The fraction of sp³-hybridized carbons (Fsp3) is 0.524. The summed E-state index contributed by atoms with van der Waals surface area (Å²) < 4.78 is 52.6. The van der Waals surface area contributed by atoms with Crippen LogP contribution in [-0.2, 0) is 34.9 Å². The Morgan fingerprint density at radius 1 is 1.20 bits per heavy atom. The number of aliphatic hydroxyl groups excluding tert-OH is 2. The highest BCUT2D eigenvalue weighted by atomic mass is 32.7. The number of rotatable bonds is 9. The van der Waals surface area contributed by atoms with Gasteiger partial charge in [-0.05, 0) is 23.3 Å². The van der Waals surface area contributed by atoms with E-state index in [2.05, 4.69) is 42.2 Å². The maximum Gasteiger partial charge on any atom is 0.582 e. The first-order valence-corrected chi connectivity index (χ1v) is 18.0. The first-order valence-electron chi connectivity index (χ1n) is 13.0. The van der Waals surface area contributed by atoms with E-state index in [1.807, 2.05) is 0 Å². The first-order chi connectivity index (χ1) is 21.2. The number of nitrogens with zero attached hydrogens (tertiary/aromatic N) is 7. The zero-order valence-electron chi connectivity index (χ0n) is 22.9. The zero-order chi connectivity index (χ0) is 32.4. The number of aliphatic hydroxyl groups is 2. The van der Waals surface area contributed by atoms with Crippen molar-refractivity contribution >= 4 is 71.9 Å². The third-order valence-corrected chi connectivity index (χ3v) is 11.1. The number of nitrogens with one attached hydrogen (secondary N) is 1. The van der Waals surface area contributed by atoms with Crippen molar-refractivity contribution in [2.45, 2.75) is 55.1 Å². The van der Waals surface area contributed by atoms with E-state index in [1.54, 1.807) is 0 Å². The van der Waals surface area contributed by atoms with Crippen LogP contribution in [0.1, 0.15) is 19.4 Å². The van der Waals surface area contributed by atoms with Crippen LogP contribution in [0.25, 0.3) is 22.3 Å². The van der Waals surface area contributed by atoms with Gasteiger partial charge in [-0.15, -0.1) is 4.52 Å². The smallest absolute Gasteiger partial charge is 0.387 e. The molecule has 6 heterocycles. The summed E-state index contributed by atoms with van der Waals surface area (Å²) in [5.41, 5.74) is 7.77. The molecule has 2 aliphatic heterocycles. The SMILES string of the molecule is C[C@]1(COP(O)(=S)[C@@H]2[C@H](F)[C@@H](CO[P+](=O)S)O[C@H]2n2cnc3c(=O)[nH]c(N)nc32)O[C@@H](n2cnc3c(N)ncnc32)[C@H](O)[C@@H]1O. The van der Waals surface area contributed by atoms with Crippen molar-refractivity contribution in [2.24, 2.45) is 0 Å². The van der Waals surface area contributed by atoms with E-state index < -0.39 is 80.7 Å². The van der Waals surface area contributed by atoms with Crippen LogP contribution in [0.2, 0.25) is 0 Å². The van der Waals surface area contributed by atoms with Gasteiger partial charge in [0.2, 0.25) is 5.95 Å². The van der Waals surface area contributed by atoms with Crippen LogP contribution in [-0.4, -0.2) is 103 Å². The second-order valence-corrected chi connectivity index (χ2v) is 15.8. The topological polar surface area (TPSA) is 274 Å². The Morgan fingerprint density at radius 3 is 2.60 bits per heavy atom. The molecule has 2 saturated heterocycles. The number of hydrogen-bond donors (Lipinski definition) is 7. The molecule has 10 atom stereocenters. The normalized spacial score (nSPS) is 32.0. The molecular formula is C21H26FN10O9P2S2+. The molecule has 0 saturated carbocycles. The Hall–Kier alpha value is -2.75. The van der Waals surface area contributed by atoms with Crippen molar-refractivity contribution in [2.75, 3.05) is 24.7 Å². The van der Waals surface area contributed by atoms with Gasteiger partial charge in [-0.1, -0.05) is 0 Å². The molecule has 0 bridgehead atoms. The number of nitrogens with two attached hydrogens (primary N) is 2. The van der Waals surface area contributed by atoms with Crippen LogP contribution in [0.4, 0.5) is 16.2 Å². The van der Waals surface area contributed by atoms with Gasteiger partial charge in [-0.2, -0.15) is 4.98 Å². The second-order valence-electron chi connectivity index (χ2n) is 10.5. The molecule has 24 heteroatoms. The average Bonchev–Trinajstić information content (AvgIpc) is 3.72. The molecule has 2 fully saturated rings. The van der Waals surface area contributed by atoms with E-state index in [9.17, 15) is 24.5 Å². The number of ether oxygens (including phenoxy) is 2. The van der Waals surface area contributed by atoms with Crippen molar-refractivity contribution in [3.05, 3.63) is 29.3 Å². The molecule has 4 aromatic heterocycles. The lowest BCUT2D eigenvalue weighted by Gasteiger charge is -2.33. The zero-order valence-corrected chi connectivity index (χ0v) is 26.4. The number of thiol groups is 1. The number of halogens is 1. The van der Waals surface area contributed by atoms with Crippen molar-refractivity contribution in [1.29, 1.82) is 0 Å². The summed E-state index contributed by atoms with van der Waals surface area (Å²) >= 11 is 9.11. The van der Waals surface area contributed by atoms with E-state index in [0.717, 1.165) is 6.33 Å². The van der Waals surface area contributed by atoms with Crippen molar-refractivity contribution in [3.8, 4) is 0 Å². The lowest BCUT2D eigenvalue weighted by Crippen LogP contribution is -2.44. The summed E-state index contributed by atoms with van der Waals surface area (Å²) in [6, 6.07) is 0. The van der Waals surface area contributed by atoms with Gasteiger partial charge in [-0.3, -0.25) is 18.9 Å². The van der Waals surface area contributed by atoms with Gasteiger partial charge in [-0.25, -0.2) is 24.3 Å². The van der Waals surface area contributed by atoms with Crippen LogP contribution in [0.5, 0.6) is 0 Å². The van der Waals surface area contributed by atoms with Gasteiger partial charge in [0, 0.05) is 0 Å². The van der Waals surface area contributed by atoms with E-state index in [4.69, 9.17) is 41.8 Å². The maximum atomic E-state index is 16.1. The van der Waals surface area contributed by atoms with Gasteiger partial charge in [0.25, 0.3) is 5.56 Å². The van der Waals surface area contributed by atoms with E-state index in [-0.39, 0.29) is 34.1 Å². The van der Waals surface area contributed by atoms with Crippen molar-refractivity contribution in [1.82, 2.24) is 39.0 Å². The van der Waals surface area contributed by atoms with Crippen LogP contribution in [0.3, 0.4) is 0 Å². The standard InChI is InChI=1S/C21H25FN10O9P2S2/c1-21(13(34)11(33)18(41-21)31-5-27-9-14(23)25-4-26-15(9)31)3-39-43(37,45)12-8(22)7(2-38-42(36)44)40-19(12)32-6-28-10-16(32)29-20(24)30-17(10)35/h4-8,11-13,18-19,33-34H,2-3H2,1H3,(H6-,23,24,25,26,29,30,35,36,37,44,45)/p+1/t7-,8-,11-,12-,13+,18-,19-,21-,43?/m1/s1. The largest absolute Gasteiger partial charge is 0.582 e. The number of nitrogen functional groups attached to an aromatic ring is 2. The average molecular weight is 708 g/mol. The molecule has 0 radical (unpaired) electrons. The quantitative estimate of drug-likeness (QED) is 0.0866. The number of fused-ring (bicyclic) bond motifs is 2. The number of hydrogen-bond acceptors (Lipinski definition) is 16. The number of aromatic amines is 1. The van der Waals surface area contributed by atoms with E-state index >= 15 is 4.39 Å². The molecule has 0 aliphatic carbocycles. The summed E-state index contributed by atoms with van der Waals surface area (Å²) in [6.07, 6.45) is -5.65. The van der Waals surface area contributed by atoms with Crippen LogP contribution in [0.15, 0.2) is 23.8 Å². The van der Waals surface area contributed by atoms with Gasteiger partial charge in [0.15, 0.2) is 41.6 Å². The highest BCUT2D eigenvalue weighted by Crippen LogP contribution is 2.59. The lowest BCUT2D eigenvalue weighted by atomic mass is 9.99. The fourth-order valence-corrected chi connectivity index (χ4v) is 8.31. The van der Waals surface area contributed by atoms with Crippen LogP contribution in [0, 0.1) is 0 Å². The molecule has 0 amide bonds. The summed E-state index contributed by atoms with van der Waals surface area (Å²) in [6.45, 7) is -4.04. The Kier molecular flexibility index (Phi) is 8.45. The Morgan fingerprint density at radius 2 is 1.89 bits per heavy atom. The number of aromatic nitrogens is 8. The Balaban J connectivity index is 1.29. The predicted octanol–water partition coefficient (Wildman–Crippen LogP) is -0.341. The number of H-pyrrole nitrogens is 1. The number of anilines is 2. The van der Waals surface area contributed by atoms with Gasteiger partial charge in [0.1, 0.15) is 66.4 Å². The van der Waals surface area contributed by atoms with Gasteiger partial charge in [0.05, 0.1) is 19.3 Å². The maximum absolute atomic E-state index is 16.1. The molecule has 45 heavy (non-hydrogen) atoms. The van der Waals surface area contributed by atoms with Crippen LogP contribution >= 0.6 is 26.0 Å².